The third-order valence-corrected chi connectivity index (χ3v) is 4.11. The summed E-state index contributed by atoms with van der Waals surface area (Å²) in [6, 6.07) is 0. The monoisotopic (exact) mass is 290 g/mol. The van der Waals surface area contributed by atoms with Gasteiger partial charge >= 0.3 is 0 Å². The minimum Gasteiger partial charge on any atom is -0.379 e. The number of ether oxygens (including phenoxy) is 1. The molecule has 3 heterocycles. The minimum atomic E-state index is 0.155. The average Bonchev–Trinajstić information content (AvgIpc) is 2.65. The number of nitrogens with one attached hydrogen (secondary N) is 1. The summed E-state index contributed by atoms with van der Waals surface area (Å²) in [6.07, 6.45) is 4.41. The number of hydrogen-bond acceptors (Lipinski definition) is 5. The van der Waals surface area contributed by atoms with Crippen molar-refractivity contribution in [1.29, 1.82) is 0 Å². The van der Waals surface area contributed by atoms with Gasteiger partial charge in [0, 0.05) is 44.5 Å². The first kappa shape index (κ1) is 14.4. The molecule has 1 amide bonds. The molecule has 0 saturated carbocycles. The van der Waals surface area contributed by atoms with Crippen LogP contribution in [-0.2, 0) is 16.0 Å². The fraction of sp³-hybridized carbons (Fsp3) is 0.667. The molecule has 1 aromatic rings. The molecule has 0 aliphatic carbocycles. The highest BCUT2D eigenvalue weighted by atomic mass is 16.5. The molecule has 2 aliphatic heterocycles. The first-order valence-electron chi connectivity index (χ1n) is 7.57. The smallest absolute Gasteiger partial charge is 0.228 e. The van der Waals surface area contributed by atoms with Crippen LogP contribution in [0.2, 0.25) is 0 Å². The van der Waals surface area contributed by atoms with Crippen LogP contribution in [0.1, 0.15) is 11.4 Å². The van der Waals surface area contributed by atoms with Gasteiger partial charge in [0.25, 0.3) is 0 Å². The topological polar surface area (TPSA) is 67.3 Å². The average molecular weight is 290 g/mol. The Morgan fingerprint density at radius 3 is 2.95 bits per heavy atom. The molecule has 1 N–H and O–H groups in total. The summed E-state index contributed by atoms with van der Waals surface area (Å²) in [6.45, 7) is 6.31. The summed E-state index contributed by atoms with van der Waals surface area (Å²) in [4.78, 5) is 23.0. The van der Waals surface area contributed by atoms with Gasteiger partial charge in [-0.3, -0.25) is 14.8 Å². The molecule has 1 aromatic heterocycles. The Kier molecular flexibility index (Phi) is 4.45. The third kappa shape index (κ3) is 3.57. The molecule has 6 nitrogen and oxygen atoms in total. The highest BCUT2D eigenvalue weighted by molar-refractivity contribution is 5.80. The van der Waals surface area contributed by atoms with E-state index in [0.29, 0.717) is 25.7 Å². The number of amides is 1. The molecule has 21 heavy (non-hydrogen) atoms. The summed E-state index contributed by atoms with van der Waals surface area (Å²) >= 11 is 0. The fourth-order valence-corrected chi connectivity index (χ4v) is 2.75. The molecule has 0 radical (unpaired) electrons. The van der Waals surface area contributed by atoms with Crippen molar-refractivity contribution in [3.63, 3.8) is 0 Å². The molecule has 1 atom stereocenters. The van der Waals surface area contributed by atoms with Crippen molar-refractivity contribution in [3.8, 4) is 0 Å². The number of nitrogens with zero attached hydrogens (tertiary/aromatic N) is 3. The Hall–Kier alpha value is -1.53. The molecule has 2 saturated heterocycles. The lowest BCUT2D eigenvalue weighted by atomic mass is 9.99. The third-order valence-electron chi connectivity index (χ3n) is 4.11. The zero-order valence-corrected chi connectivity index (χ0v) is 12.4. The summed E-state index contributed by atoms with van der Waals surface area (Å²) < 4.78 is 5.66. The first-order chi connectivity index (χ1) is 10.2. The molecule has 6 heteroatoms. The van der Waals surface area contributed by atoms with Crippen LogP contribution in [0, 0.1) is 18.8 Å². The Bertz CT molecular complexity index is 487. The van der Waals surface area contributed by atoms with E-state index < -0.39 is 0 Å². The second-order valence-electron chi connectivity index (χ2n) is 5.93. The van der Waals surface area contributed by atoms with E-state index in [9.17, 15) is 4.79 Å². The number of aromatic nitrogens is 2. The summed E-state index contributed by atoms with van der Waals surface area (Å²) in [7, 11) is 0. The van der Waals surface area contributed by atoms with Crippen molar-refractivity contribution in [1.82, 2.24) is 20.2 Å². The van der Waals surface area contributed by atoms with Crippen LogP contribution < -0.4 is 5.32 Å². The lowest BCUT2D eigenvalue weighted by Crippen LogP contribution is -2.53. The van der Waals surface area contributed by atoms with Crippen molar-refractivity contribution in [2.75, 3.05) is 39.4 Å². The van der Waals surface area contributed by atoms with Crippen molar-refractivity contribution in [2.45, 2.75) is 13.3 Å². The normalized spacial score (nSPS) is 23.5. The van der Waals surface area contributed by atoms with Gasteiger partial charge in [0.1, 0.15) is 0 Å². The molecule has 1 unspecified atom stereocenters. The Balaban J connectivity index is 1.61. The number of aryl methyl sites for hydroxylation is 1. The van der Waals surface area contributed by atoms with Crippen LogP contribution >= 0.6 is 0 Å². The van der Waals surface area contributed by atoms with Crippen molar-refractivity contribution in [2.24, 2.45) is 11.8 Å². The molecular weight excluding hydrogens is 268 g/mol. The maximum absolute atomic E-state index is 12.4. The predicted molar refractivity (Wildman–Crippen MR) is 77.7 cm³/mol. The molecule has 0 spiro atoms. The van der Waals surface area contributed by atoms with Crippen LogP contribution in [0.5, 0.6) is 0 Å². The Labute approximate surface area is 124 Å². The van der Waals surface area contributed by atoms with Gasteiger partial charge in [0.2, 0.25) is 5.91 Å². The largest absolute Gasteiger partial charge is 0.379 e. The van der Waals surface area contributed by atoms with Gasteiger partial charge in [0.05, 0.1) is 30.5 Å². The van der Waals surface area contributed by atoms with E-state index in [4.69, 9.17) is 4.74 Å². The molecule has 2 aliphatic rings. The van der Waals surface area contributed by atoms with Gasteiger partial charge in [-0.2, -0.15) is 0 Å². The van der Waals surface area contributed by atoms with E-state index in [1.807, 2.05) is 18.0 Å². The van der Waals surface area contributed by atoms with E-state index in [2.05, 4.69) is 15.3 Å². The Morgan fingerprint density at radius 1 is 1.43 bits per heavy atom. The van der Waals surface area contributed by atoms with Crippen molar-refractivity contribution in [3.05, 3.63) is 23.8 Å². The number of hydrogen-bond donors (Lipinski definition) is 1. The van der Waals surface area contributed by atoms with Gasteiger partial charge in [-0.1, -0.05) is 0 Å². The first-order valence-corrected chi connectivity index (χ1v) is 7.57. The number of carbonyl (C=O) groups is 1. The van der Waals surface area contributed by atoms with Crippen LogP contribution in [0.3, 0.4) is 0 Å². The highest BCUT2D eigenvalue weighted by Crippen LogP contribution is 2.16. The molecule has 3 rings (SSSR count). The number of rotatable bonds is 3. The maximum Gasteiger partial charge on any atom is 0.228 e. The van der Waals surface area contributed by atoms with Crippen LogP contribution in [-0.4, -0.2) is 60.2 Å². The SMILES string of the molecule is Cc1cnc(CC2COCCN(C(=O)C3CNC3)C2)cn1. The van der Waals surface area contributed by atoms with Crippen LogP contribution in [0.15, 0.2) is 12.4 Å². The predicted octanol–water partition coefficient (Wildman–Crippen LogP) is 0.0219. The van der Waals surface area contributed by atoms with E-state index in [-0.39, 0.29) is 11.8 Å². The zero-order chi connectivity index (χ0) is 14.7. The van der Waals surface area contributed by atoms with Gasteiger partial charge in [-0.25, -0.2) is 0 Å². The lowest BCUT2D eigenvalue weighted by Gasteiger charge is -2.32. The van der Waals surface area contributed by atoms with E-state index in [1.54, 1.807) is 6.20 Å². The van der Waals surface area contributed by atoms with Crippen molar-refractivity contribution >= 4 is 5.91 Å². The molecular formula is C15H22N4O2. The maximum atomic E-state index is 12.4. The second-order valence-corrected chi connectivity index (χ2v) is 5.93. The lowest BCUT2D eigenvalue weighted by molar-refractivity contribution is -0.137. The summed E-state index contributed by atoms with van der Waals surface area (Å²) in [5.41, 5.74) is 1.89. The van der Waals surface area contributed by atoms with Crippen molar-refractivity contribution < 1.29 is 9.53 Å². The quantitative estimate of drug-likeness (QED) is 0.850. The van der Waals surface area contributed by atoms with Gasteiger partial charge in [0.15, 0.2) is 0 Å². The van der Waals surface area contributed by atoms with E-state index in [1.165, 1.54) is 0 Å². The molecule has 114 valence electrons. The zero-order valence-electron chi connectivity index (χ0n) is 12.4. The van der Waals surface area contributed by atoms with Crippen LogP contribution in [0.25, 0.3) is 0 Å². The molecule has 2 fully saturated rings. The highest BCUT2D eigenvalue weighted by Gasteiger charge is 2.31. The fourth-order valence-electron chi connectivity index (χ4n) is 2.75. The van der Waals surface area contributed by atoms with Crippen LogP contribution in [0.4, 0.5) is 0 Å². The van der Waals surface area contributed by atoms with E-state index in [0.717, 1.165) is 37.4 Å². The standard InChI is InChI=1S/C15H22N4O2/c1-11-5-18-14(8-17-11)4-12-9-19(2-3-21-10-12)15(20)13-6-16-7-13/h5,8,12-13,16H,2-4,6-7,9-10H2,1H3. The summed E-state index contributed by atoms with van der Waals surface area (Å²) in [5, 5.41) is 3.16. The molecule has 0 aromatic carbocycles. The van der Waals surface area contributed by atoms with Gasteiger partial charge in [-0.05, 0) is 13.3 Å². The second kappa shape index (κ2) is 6.49. The van der Waals surface area contributed by atoms with Gasteiger partial charge < -0.3 is 15.0 Å². The Morgan fingerprint density at radius 2 is 2.29 bits per heavy atom. The minimum absolute atomic E-state index is 0.155. The molecule has 0 bridgehead atoms. The van der Waals surface area contributed by atoms with Gasteiger partial charge in [-0.15, -0.1) is 0 Å². The summed E-state index contributed by atoms with van der Waals surface area (Å²) in [5.74, 6) is 0.712. The number of carbonyl (C=O) groups excluding carboxylic acids is 1. The van der Waals surface area contributed by atoms with E-state index >= 15 is 0 Å².